The summed E-state index contributed by atoms with van der Waals surface area (Å²) in [7, 11) is 0. The topological polar surface area (TPSA) is 138 Å². The molecule has 1 aromatic heterocycles. The largest absolute Gasteiger partial charge is 0.490 e. The number of ether oxygens (including phenoxy) is 2. The van der Waals surface area contributed by atoms with Crippen molar-refractivity contribution < 1.29 is 60.4 Å². The Hall–Kier alpha value is -2.98. The van der Waals surface area contributed by atoms with Crippen LogP contribution in [-0.4, -0.2) is 95.9 Å². The van der Waals surface area contributed by atoms with Gasteiger partial charge in [-0.15, -0.1) is 0 Å². The number of aliphatic carboxylic acids is 2. The van der Waals surface area contributed by atoms with E-state index >= 15 is 0 Å². The molecule has 0 bridgehead atoms. The zero-order valence-corrected chi connectivity index (χ0v) is 21.3. The summed E-state index contributed by atoms with van der Waals surface area (Å²) in [6.45, 7) is 6.06. The summed E-state index contributed by atoms with van der Waals surface area (Å²) < 4.78 is 75.0. The number of hydrogen-bond acceptors (Lipinski definition) is 7. The highest BCUT2D eigenvalue weighted by atomic mass is 19.4. The van der Waals surface area contributed by atoms with E-state index in [1.165, 1.54) is 19.4 Å². The fourth-order valence-electron chi connectivity index (χ4n) is 4.66. The van der Waals surface area contributed by atoms with Crippen molar-refractivity contribution >= 4 is 23.5 Å². The molecule has 226 valence electrons. The van der Waals surface area contributed by atoms with Crippen molar-refractivity contribution in [3.8, 4) is 0 Å². The number of carboxylic acids is 2. The quantitative estimate of drug-likeness (QED) is 0.443. The van der Waals surface area contributed by atoms with Gasteiger partial charge in [0, 0.05) is 38.4 Å². The van der Waals surface area contributed by atoms with Crippen LogP contribution in [0.3, 0.4) is 0 Å². The van der Waals surface area contributed by atoms with Crippen LogP contribution in [0.25, 0.3) is 0 Å². The summed E-state index contributed by atoms with van der Waals surface area (Å²) in [5.41, 5.74) is 0.748. The Morgan fingerprint density at radius 1 is 1.02 bits per heavy atom. The summed E-state index contributed by atoms with van der Waals surface area (Å²) in [4.78, 5) is 36.8. The molecule has 3 aliphatic heterocycles. The Morgan fingerprint density at radius 3 is 2.15 bits per heavy atom. The number of fused-ring (bicyclic) bond motifs is 1. The Morgan fingerprint density at radius 2 is 1.62 bits per heavy atom. The summed E-state index contributed by atoms with van der Waals surface area (Å²) in [5.74, 6) is -3.63. The zero-order chi connectivity index (χ0) is 29.9. The van der Waals surface area contributed by atoms with E-state index < -0.39 is 24.3 Å². The van der Waals surface area contributed by atoms with Crippen molar-refractivity contribution in [3.05, 3.63) is 24.5 Å². The third-order valence-electron chi connectivity index (χ3n) is 6.55. The van der Waals surface area contributed by atoms with Gasteiger partial charge in [-0.25, -0.2) is 9.59 Å². The molecule has 0 aliphatic carbocycles. The lowest BCUT2D eigenvalue weighted by Gasteiger charge is -2.38. The maximum Gasteiger partial charge on any atom is 0.490 e. The van der Waals surface area contributed by atoms with Gasteiger partial charge in [0.2, 0.25) is 5.91 Å². The number of nitrogens with one attached hydrogen (secondary N) is 1. The molecule has 16 heteroatoms. The fraction of sp³-hybridized carbons (Fsp3) is 0.667. The second kappa shape index (κ2) is 15.1. The molecule has 10 nitrogen and oxygen atoms in total. The Balaban J connectivity index is 0.000000333. The number of alkyl halides is 6. The van der Waals surface area contributed by atoms with E-state index in [1.807, 2.05) is 12.1 Å². The Labute approximate surface area is 225 Å². The molecule has 0 radical (unpaired) electrons. The zero-order valence-electron chi connectivity index (χ0n) is 21.3. The number of likely N-dealkylation sites (tertiary alicyclic amines) is 1. The molecular weight excluding hydrogens is 556 g/mol. The number of anilines is 1. The van der Waals surface area contributed by atoms with E-state index in [4.69, 9.17) is 29.3 Å². The number of halogens is 6. The highest BCUT2D eigenvalue weighted by Gasteiger charge is 2.42. The maximum absolute atomic E-state index is 12.3. The van der Waals surface area contributed by atoms with Crippen molar-refractivity contribution in [1.82, 2.24) is 9.88 Å². The van der Waals surface area contributed by atoms with Gasteiger partial charge in [0.25, 0.3) is 0 Å². The number of rotatable bonds is 5. The van der Waals surface area contributed by atoms with E-state index in [2.05, 4.69) is 15.2 Å². The van der Waals surface area contributed by atoms with Gasteiger partial charge in [-0.05, 0) is 49.8 Å². The minimum Gasteiger partial charge on any atom is -0.475 e. The molecule has 0 spiro atoms. The van der Waals surface area contributed by atoms with E-state index in [1.54, 1.807) is 12.4 Å². The summed E-state index contributed by atoms with van der Waals surface area (Å²) in [5, 5.41) is 17.2. The molecular formula is C24H31F6N3O7. The third kappa shape index (κ3) is 11.6. The van der Waals surface area contributed by atoms with Gasteiger partial charge in [-0.2, -0.15) is 26.3 Å². The first-order valence-electron chi connectivity index (χ1n) is 12.4. The number of aromatic nitrogens is 1. The maximum atomic E-state index is 12.3. The van der Waals surface area contributed by atoms with Crippen LogP contribution >= 0.6 is 0 Å². The van der Waals surface area contributed by atoms with Gasteiger partial charge in [0.15, 0.2) is 0 Å². The summed E-state index contributed by atoms with van der Waals surface area (Å²) >= 11 is 0. The molecule has 3 atom stereocenters. The number of pyridine rings is 1. The van der Waals surface area contributed by atoms with Crippen LogP contribution in [0.4, 0.5) is 32.0 Å². The van der Waals surface area contributed by atoms with Crippen LogP contribution < -0.4 is 5.32 Å². The van der Waals surface area contributed by atoms with Crippen molar-refractivity contribution in [2.24, 2.45) is 17.8 Å². The lowest BCUT2D eigenvalue weighted by molar-refractivity contribution is -0.193. The van der Waals surface area contributed by atoms with E-state index in [-0.39, 0.29) is 12.0 Å². The van der Waals surface area contributed by atoms with Crippen molar-refractivity contribution in [1.29, 1.82) is 0 Å². The molecule has 3 fully saturated rings. The van der Waals surface area contributed by atoms with Crippen LogP contribution in [0.5, 0.6) is 0 Å². The smallest absolute Gasteiger partial charge is 0.475 e. The standard InChI is InChI=1S/C20H29N3O3.2C2HF3O2/c24-20(22-17-2-1-6-21-11-17)10-19-18-3-7-23(13-16(18)14-26-19)12-15-4-8-25-9-5-15;2*3-2(4,5)1(6)7/h1-2,6,11,15-16,18-19H,3-5,7-10,12-14H2,(H,22,24);2*(H,6,7)/t16-,18-,19+;;/m1../s1. The highest BCUT2D eigenvalue weighted by molar-refractivity contribution is 5.90. The lowest BCUT2D eigenvalue weighted by atomic mass is 9.82. The molecule has 3 saturated heterocycles. The predicted octanol–water partition coefficient (Wildman–Crippen LogP) is 3.44. The molecule has 0 unspecified atom stereocenters. The van der Waals surface area contributed by atoms with Gasteiger partial charge in [-0.1, -0.05) is 0 Å². The average Bonchev–Trinajstić information content (AvgIpc) is 3.26. The van der Waals surface area contributed by atoms with Crippen LogP contribution in [0.15, 0.2) is 24.5 Å². The highest BCUT2D eigenvalue weighted by Crippen LogP contribution is 2.36. The van der Waals surface area contributed by atoms with Gasteiger partial charge in [0.05, 0.1) is 31.0 Å². The fourth-order valence-corrected chi connectivity index (χ4v) is 4.66. The first kappa shape index (κ1) is 33.2. The molecule has 0 saturated carbocycles. The second-order valence-electron chi connectivity index (χ2n) is 9.50. The van der Waals surface area contributed by atoms with Gasteiger partial charge in [-0.3, -0.25) is 9.78 Å². The minimum absolute atomic E-state index is 0.0216. The van der Waals surface area contributed by atoms with Crippen LogP contribution in [0, 0.1) is 17.8 Å². The number of amides is 1. The van der Waals surface area contributed by atoms with Crippen LogP contribution in [0.2, 0.25) is 0 Å². The number of carboxylic acid groups (broad SMARTS) is 2. The predicted molar refractivity (Wildman–Crippen MR) is 126 cm³/mol. The van der Waals surface area contributed by atoms with Crippen molar-refractivity contribution in [3.63, 3.8) is 0 Å². The monoisotopic (exact) mass is 587 g/mol. The summed E-state index contributed by atoms with van der Waals surface area (Å²) in [6, 6.07) is 3.68. The Kier molecular flexibility index (Phi) is 12.6. The number of carbonyl (C=O) groups is 3. The molecule has 1 aromatic rings. The number of carbonyl (C=O) groups excluding carboxylic acids is 1. The van der Waals surface area contributed by atoms with Gasteiger partial charge in [0.1, 0.15) is 0 Å². The van der Waals surface area contributed by atoms with Gasteiger partial charge >= 0.3 is 24.3 Å². The van der Waals surface area contributed by atoms with E-state index in [0.717, 1.165) is 50.9 Å². The lowest BCUT2D eigenvalue weighted by Crippen LogP contribution is -2.44. The molecule has 40 heavy (non-hydrogen) atoms. The third-order valence-corrected chi connectivity index (χ3v) is 6.55. The van der Waals surface area contributed by atoms with E-state index in [9.17, 15) is 31.1 Å². The first-order chi connectivity index (χ1) is 18.7. The minimum atomic E-state index is -5.08. The Bertz CT molecular complexity index is 935. The average molecular weight is 588 g/mol. The molecule has 1 amide bonds. The molecule has 4 heterocycles. The molecule has 3 N–H and O–H groups in total. The number of piperidine rings is 1. The molecule has 4 rings (SSSR count). The van der Waals surface area contributed by atoms with Gasteiger partial charge < -0.3 is 29.9 Å². The first-order valence-corrected chi connectivity index (χ1v) is 12.4. The van der Waals surface area contributed by atoms with Crippen molar-refractivity contribution in [2.75, 3.05) is 44.8 Å². The SMILES string of the molecule is O=C(C[C@@H]1OC[C@H]2CN(CC3CCOCC3)CC[C@H]21)Nc1cccnc1.O=C(O)C(F)(F)F.O=C(O)C(F)(F)F. The van der Waals surface area contributed by atoms with Crippen LogP contribution in [0.1, 0.15) is 25.7 Å². The van der Waals surface area contributed by atoms with E-state index in [0.29, 0.717) is 18.3 Å². The molecule has 0 aromatic carbocycles. The number of nitrogens with zero attached hydrogens (tertiary/aromatic N) is 2. The number of hydrogen-bond donors (Lipinski definition) is 3. The van der Waals surface area contributed by atoms with Crippen LogP contribution in [-0.2, 0) is 23.9 Å². The summed E-state index contributed by atoms with van der Waals surface area (Å²) in [6.07, 6.45) is -2.77. The van der Waals surface area contributed by atoms with Crippen molar-refractivity contribution in [2.45, 2.75) is 44.1 Å². The normalized spacial score (nSPS) is 23.5. The molecule has 3 aliphatic rings. The second-order valence-corrected chi connectivity index (χ2v) is 9.50.